The third-order valence-corrected chi connectivity index (χ3v) is 18.3. The van der Waals surface area contributed by atoms with Crippen molar-refractivity contribution in [1.29, 1.82) is 0 Å². The summed E-state index contributed by atoms with van der Waals surface area (Å²) in [6.45, 7) is 0. The van der Waals surface area contributed by atoms with Crippen LogP contribution in [-0.2, 0) is 4.79 Å². The highest BCUT2D eigenvalue weighted by atomic mass is 79.9. The van der Waals surface area contributed by atoms with E-state index in [4.69, 9.17) is 0 Å². The van der Waals surface area contributed by atoms with Gasteiger partial charge in [0.2, 0.25) is 5.91 Å². The molecular formula is C37H59BrN3O3P. The number of amides is 1. The van der Waals surface area contributed by atoms with Gasteiger partial charge in [-0.1, -0.05) is 57.4 Å². The molecule has 3 fully saturated rings. The van der Waals surface area contributed by atoms with Gasteiger partial charge in [-0.3, -0.25) is 24.6 Å². The van der Waals surface area contributed by atoms with Crippen LogP contribution in [0.25, 0.3) is 10.8 Å². The number of benzene rings is 1. The van der Waals surface area contributed by atoms with E-state index in [1.54, 1.807) is 62.9 Å². The van der Waals surface area contributed by atoms with E-state index in [0.717, 1.165) is 29.8 Å². The van der Waals surface area contributed by atoms with Crippen LogP contribution in [0, 0.1) is 0 Å². The average Bonchev–Trinajstić information content (AvgIpc) is 3.07. The minimum atomic E-state index is -0.921. The Balaban J connectivity index is 0.00000461. The van der Waals surface area contributed by atoms with Crippen molar-refractivity contribution in [1.82, 2.24) is 10.2 Å². The molecule has 2 aromatic rings. The lowest BCUT2D eigenvalue weighted by atomic mass is 9.99. The van der Waals surface area contributed by atoms with Crippen LogP contribution < -0.4 is 33.4 Å². The van der Waals surface area contributed by atoms with E-state index in [1.165, 1.54) is 96.3 Å². The standard InChI is InChI=1S/C37H58N3O3P.BrH/c41-34(38-33-26-18-25-32-35(33)37(43)40-39-36(32)42)27-16-5-3-1-2-4-6-17-28-44(29-19-10-7-11-20-29,30-21-12-8-13-22-30)31-23-14-9-15-24-31;/h18,25-26,29-31H,1-17,19-24,27-28H2,(H2-,38,39,40,41,42,43);1H. The molecule has 0 unspecified atom stereocenters. The second-order valence-electron chi connectivity index (χ2n) is 14.4. The first-order valence-corrected chi connectivity index (χ1v) is 20.7. The molecule has 0 atom stereocenters. The normalized spacial score (nSPS) is 18.9. The maximum Gasteiger partial charge on any atom is 0.272 e. The Morgan fingerprint density at radius 1 is 0.644 bits per heavy atom. The molecule has 1 heterocycles. The lowest BCUT2D eigenvalue weighted by Gasteiger charge is -2.49. The van der Waals surface area contributed by atoms with Crippen molar-refractivity contribution < 1.29 is 21.8 Å². The molecule has 5 rings (SSSR count). The molecule has 1 aromatic carbocycles. The van der Waals surface area contributed by atoms with E-state index in [2.05, 4.69) is 15.5 Å². The second kappa shape index (κ2) is 18.8. The fourth-order valence-corrected chi connectivity index (χ4v) is 17.0. The van der Waals surface area contributed by atoms with Gasteiger partial charge < -0.3 is 22.3 Å². The van der Waals surface area contributed by atoms with Crippen molar-refractivity contribution in [3.8, 4) is 0 Å². The predicted molar refractivity (Wildman–Crippen MR) is 188 cm³/mol. The van der Waals surface area contributed by atoms with Crippen molar-refractivity contribution in [2.75, 3.05) is 11.5 Å². The third-order valence-electron chi connectivity index (χ3n) is 11.6. The second-order valence-corrected chi connectivity index (χ2v) is 19.0. The van der Waals surface area contributed by atoms with Crippen molar-refractivity contribution in [3.05, 3.63) is 38.9 Å². The summed E-state index contributed by atoms with van der Waals surface area (Å²) >= 11 is 0. The quantitative estimate of drug-likeness (QED) is 0.143. The molecule has 0 spiro atoms. The lowest BCUT2D eigenvalue weighted by Crippen LogP contribution is -3.00. The van der Waals surface area contributed by atoms with Gasteiger partial charge in [0.1, 0.15) is 0 Å². The highest BCUT2D eigenvalue weighted by molar-refractivity contribution is 7.77. The summed E-state index contributed by atoms with van der Waals surface area (Å²) in [6, 6.07) is 4.97. The number of nitrogens with one attached hydrogen (secondary N) is 3. The van der Waals surface area contributed by atoms with E-state index in [-0.39, 0.29) is 39.2 Å². The minimum Gasteiger partial charge on any atom is -1.00 e. The first-order chi connectivity index (χ1) is 21.6. The Bertz CT molecular complexity index is 1250. The monoisotopic (exact) mass is 703 g/mol. The first kappa shape index (κ1) is 36.4. The topological polar surface area (TPSA) is 94.8 Å². The number of carbonyl (C=O) groups is 1. The minimum absolute atomic E-state index is 0. The number of hydrogen-bond donors (Lipinski definition) is 3. The smallest absolute Gasteiger partial charge is 0.272 e. The maximum atomic E-state index is 12.6. The molecule has 3 aliphatic carbocycles. The van der Waals surface area contributed by atoms with Gasteiger partial charge in [0.15, 0.2) is 0 Å². The van der Waals surface area contributed by atoms with Gasteiger partial charge in [-0.15, -0.1) is 0 Å². The number of aromatic nitrogens is 2. The van der Waals surface area contributed by atoms with Crippen LogP contribution in [0.2, 0.25) is 0 Å². The van der Waals surface area contributed by atoms with Crippen LogP contribution in [0.5, 0.6) is 0 Å². The molecule has 252 valence electrons. The molecule has 0 radical (unpaired) electrons. The molecule has 45 heavy (non-hydrogen) atoms. The Kier molecular flexibility index (Phi) is 15.2. The SMILES string of the molecule is O=C(CCCCCCCCCC[P+](C1CCCCC1)(C1CCCCC1)C1CCCCC1)Nc1cccc2c(=O)[nH][nH]c(=O)c12.[Br-]. The third kappa shape index (κ3) is 9.55. The van der Waals surface area contributed by atoms with Gasteiger partial charge >= 0.3 is 0 Å². The summed E-state index contributed by atoms with van der Waals surface area (Å²) in [7, 11) is -0.921. The maximum absolute atomic E-state index is 12.6. The van der Waals surface area contributed by atoms with Crippen LogP contribution in [0.3, 0.4) is 0 Å². The number of anilines is 1. The van der Waals surface area contributed by atoms with Crippen molar-refractivity contribution in [3.63, 3.8) is 0 Å². The fourth-order valence-electron chi connectivity index (χ4n) is 9.41. The number of hydrogen-bond acceptors (Lipinski definition) is 3. The summed E-state index contributed by atoms with van der Waals surface area (Å²) in [4.78, 5) is 36.9. The molecular weight excluding hydrogens is 645 g/mol. The first-order valence-electron chi connectivity index (χ1n) is 18.5. The van der Waals surface area contributed by atoms with Crippen LogP contribution >= 0.6 is 7.26 Å². The number of fused-ring (bicyclic) bond motifs is 1. The van der Waals surface area contributed by atoms with E-state index in [1.807, 2.05) is 0 Å². The molecule has 0 saturated heterocycles. The highest BCUT2D eigenvalue weighted by Gasteiger charge is 2.56. The number of halogens is 1. The number of carbonyl (C=O) groups excluding carboxylic acids is 1. The number of aromatic amines is 2. The van der Waals surface area contributed by atoms with Gasteiger partial charge in [0, 0.05) is 13.7 Å². The number of unbranched alkanes of at least 4 members (excludes halogenated alkanes) is 7. The van der Waals surface area contributed by atoms with E-state index >= 15 is 0 Å². The lowest BCUT2D eigenvalue weighted by molar-refractivity contribution is -0.116. The van der Waals surface area contributed by atoms with Gasteiger partial charge in [0.25, 0.3) is 11.1 Å². The molecule has 3 saturated carbocycles. The zero-order valence-corrected chi connectivity index (χ0v) is 30.2. The van der Waals surface area contributed by atoms with Crippen molar-refractivity contribution in [2.24, 2.45) is 0 Å². The van der Waals surface area contributed by atoms with Crippen LogP contribution in [0.1, 0.15) is 154 Å². The largest absolute Gasteiger partial charge is 1.00 e. The number of H-pyrrole nitrogens is 2. The van der Waals surface area contributed by atoms with Crippen molar-refractivity contribution >= 4 is 29.6 Å². The molecule has 3 aliphatic rings. The molecule has 1 aromatic heterocycles. The van der Waals surface area contributed by atoms with Gasteiger partial charge in [-0.2, -0.15) is 0 Å². The van der Waals surface area contributed by atoms with Gasteiger partial charge in [-0.05, 0) is 108 Å². The average molecular weight is 705 g/mol. The predicted octanol–water partition coefficient (Wildman–Crippen LogP) is 6.69. The molecule has 0 aliphatic heterocycles. The summed E-state index contributed by atoms with van der Waals surface area (Å²) in [5, 5.41) is 8.06. The van der Waals surface area contributed by atoms with E-state index in [9.17, 15) is 14.4 Å². The Hall–Kier alpha value is -1.46. The van der Waals surface area contributed by atoms with E-state index < -0.39 is 12.8 Å². The Labute approximate surface area is 282 Å². The van der Waals surface area contributed by atoms with Crippen LogP contribution in [0.15, 0.2) is 27.8 Å². The zero-order valence-electron chi connectivity index (χ0n) is 27.7. The summed E-state index contributed by atoms with van der Waals surface area (Å²) in [5.74, 6) is -0.0992. The van der Waals surface area contributed by atoms with Crippen LogP contribution in [-0.4, -0.2) is 39.2 Å². The number of rotatable bonds is 15. The fraction of sp³-hybridized carbons (Fsp3) is 0.757. The molecule has 0 bridgehead atoms. The van der Waals surface area contributed by atoms with Crippen LogP contribution in [0.4, 0.5) is 5.69 Å². The van der Waals surface area contributed by atoms with Crippen molar-refractivity contribution in [2.45, 2.75) is 171 Å². The summed E-state index contributed by atoms with van der Waals surface area (Å²) in [6.07, 6.45) is 35.0. The van der Waals surface area contributed by atoms with Gasteiger partial charge in [0.05, 0.1) is 39.6 Å². The van der Waals surface area contributed by atoms with E-state index in [0.29, 0.717) is 12.1 Å². The molecule has 6 nitrogen and oxygen atoms in total. The Morgan fingerprint density at radius 2 is 1.11 bits per heavy atom. The summed E-state index contributed by atoms with van der Waals surface area (Å²) < 4.78 is 0. The summed E-state index contributed by atoms with van der Waals surface area (Å²) in [5.41, 5.74) is 2.98. The molecule has 1 amide bonds. The van der Waals surface area contributed by atoms with Gasteiger partial charge in [-0.25, -0.2) is 0 Å². The molecule has 8 heteroatoms. The molecule has 3 N–H and O–H groups in total. The zero-order chi connectivity index (χ0) is 30.6. The Morgan fingerprint density at radius 3 is 1.64 bits per heavy atom. The highest BCUT2D eigenvalue weighted by Crippen LogP contribution is 2.77.